The summed E-state index contributed by atoms with van der Waals surface area (Å²) in [6.45, 7) is 10.2. The standard InChI is InChI=1S/C25H34N4O3/c1-3-26-24(29-14-12-28(13-15-29)23(30)22-9-6-16-32-22)27-19-25(10-17-31-18-11-25)21-8-5-4-7-20(21)2/h4-9,16H,3,10-15,17-19H2,1-2H3,(H,26,27). The van der Waals surface area contributed by atoms with E-state index in [4.69, 9.17) is 14.1 Å². The van der Waals surface area contributed by atoms with Crippen LogP contribution in [-0.2, 0) is 10.2 Å². The molecule has 0 atom stereocenters. The van der Waals surface area contributed by atoms with Crippen molar-refractivity contribution in [2.45, 2.75) is 32.1 Å². The van der Waals surface area contributed by atoms with E-state index in [1.54, 1.807) is 18.4 Å². The van der Waals surface area contributed by atoms with Gasteiger partial charge in [0.05, 0.1) is 12.8 Å². The third-order valence-electron chi connectivity index (χ3n) is 6.63. The molecule has 2 fully saturated rings. The minimum Gasteiger partial charge on any atom is -0.459 e. The van der Waals surface area contributed by atoms with Gasteiger partial charge in [-0.25, -0.2) is 0 Å². The summed E-state index contributed by atoms with van der Waals surface area (Å²) in [7, 11) is 0. The average Bonchev–Trinajstić information content (AvgIpc) is 3.37. The van der Waals surface area contributed by atoms with E-state index in [0.717, 1.165) is 58.2 Å². The van der Waals surface area contributed by atoms with Gasteiger partial charge in [0.2, 0.25) is 0 Å². The van der Waals surface area contributed by atoms with Crippen molar-refractivity contribution in [3.05, 3.63) is 59.5 Å². The molecule has 0 saturated carbocycles. The van der Waals surface area contributed by atoms with Gasteiger partial charge in [0.15, 0.2) is 11.7 Å². The first kappa shape index (κ1) is 22.4. The van der Waals surface area contributed by atoms with Gasteiger partial charge in [0.25, 0.3) is 5.91 Å². The summed E-state index contributed by atoms with van der Waals surface area (Å²) in [4.78, 5) is 21.8. The molecule has 2 aliphatic heterocycles. The molecule has 3 heterocycles. The second-order valence-corrected chi connectivity index (χ2v) is 8.63. The fraction of sp³-hybridized carbons (Fsp3) is 0.520. The smallest absolute Gasteiger partial charge is 0.289 e. The molecule has 0 aliphatic carbocycles. The Kier molecular flexibility index (Phi) is 7.15. The Hall–Kier alpha value is -2.80. The Balaban J connectivity index is 1.48. The highest BCUT2D eigenvalue weighted by molar-refractivity contribution is 5.91. The van der Waals surface area contributed by atoms with Crippen LogP contribution in [0, 0.1) is 6.92 Å². The van der Waals surface area contributed by atoms with Crippen molar-refractivity contribution < 1.29 is 13.9 Å². The maximum Gasteiger partial charge on any atom is 0.289 e. The van der Waals surface area contributed by atoms with Gasteiger partial charge < -0.3 is 24.3 Å². The molecule has 1 aromatic heterocycles. The SMILES string of the molecule is CCNC(=NCC1(c2ccccc2C)CCOCC1)N1CCN(C(=O)c2ccco2)CC1. The molecule has 4 rings (SSSR count). The number of guanidine groups is 1. The predicted octanol–water partition coefficient (Wildman–Crippen LogP) is 3.06. The Morgan fingerprint density at radius 2 is 1.78 bits per heavy atom. The number of aliphatic imine (C=N–C) groups is 1. The van der Waals surface area contributed by atoms with Crippen LogP contribution in [0.4, 0.5) is 0 Å². The van der Waals surface area contributed by atoms with Gasteiger partial charge in [-0.05, 0) is 49.9 Å². The summed E-state index contributed by atoms with van der Waals surface area (Å²) in [6.07, 6.45) is 3.50. The van der Waals surface area contributed by atoms with Crippen molar-refractivity contribution in [1.29, 1.82) is 0 Å². The number of benzene rings is 1. The second-order valence-electron chi connectivity index (χ2n) is 8.63. The number of hydrogen-bond donors (Lipinski definition) is 1. The van der Waals surface area contributed by atoms with Crippen LogP contribution in [0.2, 0.25) is 0 Å². The van der Waals surface area contributed by atoms with Crippen molar-refractivity contribution in [2.24, 2.45) is 4.99 Å². The number of carbonyl (C=O) groups is 1. The van der Waals surface area contributed by atoms with E-state index >= 15 is 0 Å². The molecule has 32 heavy (non-hydrogen) atoms. The fourth-order valence-electron chi connectivity index (χ4n) is 4.77. The summed E-state index contributed by atoms with van der Waals surface area (Å²) < 4.78 is 11.0. The lowest BCUT2D eigenvalue weighted by atomic mass is 9.72. The lowest BCUT2D eigenvalue weighted by Gasteiger charge is -2.39. The van der Waals surface area contributed by atoms with Gasteiger partial charge in [0, 0.05) is 51.4 Å². The molecule has 7 heteroatoms. The largest absolute Gasteiger partial charge is 0.459 e. The summed E-state index contributed by atoms with van der Waals surface area (Å²) in [5, 5.41) is 3.47. The number of furan rings is 1. The first-order valence-electron chi connectivity index (χ1n) is 11.6. The summed E-state index contributed by atoms with van der Waals surface area (Å²) in [5.41, 5.74) is 2.71. The number of piperazine rings is 1. The van der Waals surface area contributed by atoms with E-state index in [0.29, 0.717) is 18.8 Å². The summed E-state index contributed by atoms with van der Waals surface area (Å²) in [6, 6.07) is 12.1. The van der Waals surface area contributed by atoms with Crippen LogP contribution in [0.1, 0.15) is 41.4 Å². The minimum atomic E-state index is -0.0442. The molecule has 172 valence electrons. The molecule has 1 aromatic carbocycles. The van der Waals surface area contributed by atoms with Crippen LogP contribution in [0.15, 0.2) is 52.1 Å². The molecule has 2 saturated heterocycles. The van der Waals surface area contributed by atoms with Crippen LogP contribution in [-0.4, -0.2) is 74.1 Å². The third kappa shape index (κ3) is 4.83. The average molecular weight is 439 g/mol. The molecule has 1 N–H and O–H groups in total. The van der Waals surface area contributed by atoms with E-state index in [1.807, 2.05) is 4.90 Å². The normalized spacial score (nSPS) is 19.1. The number of carbonyl (C=O) groups excluding carboxylic acids is 1. The molecule has 0 spiro atoms. The van der Waals surface area contributed by atoms with E-state index in [2.05, 4.69) is 48.3 Å². The van der Waals surface area contributed by atoms with E-state index in [1.165, 1.54) is 11.1 Å². The quantitative estimate of drug-likeness (QED) is 0.574. The number of ether oxygens (including phenoxy) is 1. The topological polar surface area (TPSA) is 70.3 Å². The van der Waals surface area contributed by atoms with Crippen molar-refractivity contribution in [1.82, 2.24) is 15.1 Å². The monoisotopic (exact) mass is 438 g/mol. The van der Waals surface area contributed by atoms with Crippen LogP contribution in [0.5, 0.6) is 0 Å². The number of amides is 1. The molecule has 0 unspecified atom stereocenters. The number of rotatable bonds is 5. The zero-order valence-corrected chi connectivity index (χ0v) is 19.2. The molecule has 7 nitrogen and oxygen atoms in total. The lowest BCUT2D eigenvalue weighted by molar-refractivity contribution is 0.0527. The predicted molar refractivity (Wildman–Crippen MR) is 125 cm³/mol. The Morgan fingerprint density at radius 3 is 2.44 bits per heavy atom. The van der Waals surface area contributed by atoms with Crippen molar-refractivity contribution in [3.8, 4) is 0 Å². The number of hydrogen-bond acceptors (Lipinski definition) is 4. The molecule has 2 aromatic rings. The van der Waals surface area contributed by atoms with Crippen molar-refractivity contribution in [2.75, 3.05) is 52.5 Å². The summed E-state index contributed by atoms with van der Waals surface area (Å²) in [5.74, 6) is 1.29. The molecule has 0 bridgehead atoms. The highest BCUT2D eigenvalue weighted by Gasteiger charge is 2.36. The van der Waals surface area contributed by atoms with E-state index in [-0.39, 0.29) is 11.3 Å². The minimum absolute atomic E-state index is 0.00133. The van der Waals surface area contributed by atoms with Crippen LogP contribution >= 0.6 is 0 Å². The van der Waals surface area contributed by atoms with Gasteiger partial charge in [-0.2, -0.15) is 0 Å². The van der Waals surface area contributed by atoms with Gasteiger partial charge in [0.1, 0.15) is 0 Å². The van der Waals surface area contributed by atoms with E-state index < -0.39 is 0 Å². The first-order chi connectivity index (χ1) is 15.6. The van der Waals surface area contributed by atoms with Crippen molar-refractivity contribution >= 4 is 11.9 Å². The van der Waals surface area contributed by atoms with Crippen LogP contribution < -0.4 is 5.32 Å². The second kappa shape index (κ2) is 10.2. The number of nitrogens with zero attached hydrogens (tertiary/aromatic N) is 3. The Morgan fingerprint density at radius 1 is 1.06 bits per heavy atom. The van der Waals surface area contributed by atoms with E-state index in [9.17, 15) is 4.79 Å². The maximum absolute atomic E-state index is 12.6. The number of nitrogens with one attached hydrogen (secondary N) is 1. The zero-order valence-electron chi connectivity index (χ0n) is 19.2. The Labute approximate surface area is 190 Å². The summed E-state index contributed by atoms with van der Waals surface area (Å²) >= 11 is 0. The highest BCUT2D eigenvalue weighted by Crippen LogP contribution is 2.37. The molecule has 0 radical (unpaired) electrons. The van der Waals surface area contributed by atoms with Crippen molar-refractivity contribution in [3.63, 3.8) is 0 Å². The lowest BCUT2D eigenvalue weighted by Crippen LogP contribution is -2.54. The molecule has 2 aliphatic rings. The molecular weight excluding hydrogens is 404 g/mol. The van der Waals surface area contributed by atoms with Gasteiger partial charge in [-0.1, -0.05) is 24.3 Å². The fourth-order valence-corrected chi connectivity index (χ4v) is 4.77. The van der Waals surface area contributed by atoms with Gasteiger partial charge >= 0.3 is 0 Å². The Bertz CT molecular complexity index is 911. The maximum atomic E-state index is 12.6. The zero-order chi connectivity index (χ0) is 22.4. The van der Waals surface area contributed by atoms with Crippen LogP contribution in [0.25, 0.3) is 0 Å². The van der Waals surface area contributed by atoms with Crippen LogP contribution in [0.3, 0.4) is 0 Å². The number of aryl methyl sites for hydroxylation is 1. The molecule has 1 amide bonds. The first-order valence-corrected chi connectivity index (χ1v) is 11.6. The third-order valence-corrected chi connectivity index (χ3v) is 6.63. The van der Waals surface area contributed by atoms with Gasteiger partial charge in [-0.3, -0.25) is 9.79 Å². The van der Waals surface area contributed by atoms with Gasteiger partial charge in [-0.15, -0.1) is 0 Å². The highest BCUT2D eigenvalue weighted by atomic mass is 16.5. The molecular formula is C25H34N4O3.